The summed E-state index contributed by atoms with van der Waals surface area (Å²) < 4.78 is 0. The fourth-order valence-electron chi connectivity index (χ4n) is 0.948. The molecule has 0 spiro atoms. The van der Waals surface area contributed by atoms with Crippen LogP contribution in [0.4, 0.5) is 5.69 Å². The largest absolute Gasteiger partial charge is 0.377 e. The van der Waals surface area contributed by atoms with Crippen molar-refractivity contribution >= 4 is 51.7 Å². The normalized spacial score (nSPS) is 11.3. The van der Waals surface area contributed by atoms with Gasteiger partial charge in [0.1, 0.15) is 0 Å². The van der Waals surface area contributed by atoms with Crippen LogP contribution in [-0.2, 0) is 4.79 Å². The van der Waals surface area contributed by atoms with E-state index in [1.54, 1.807) is 18.2 Å². The Kier molecular flexibility index (Phi) is 5.40. The Bertz CT molecular complexity index is 453. The Morgan fingerprint density at radius 2 is 2.12 bits per heavy atom. The van der Waals surface area contributed by atoms with Crippen molar-refractivity contribution in [3.8, 4) is 0 Å². The minimum atomic E-state index is -0.236. The van der Waals surface area contributed by atoms with E-state index in [9.17, 15) is 4.79 Å². The zero-order chi connectivity index (χ0) is 12.8. The summed E-state index contributed by atoms with van der Waals surface area (Å²) in [4.78, 5) is 11.5. The molecule has 1 aromatic carbocycles. The van der Waals surface area contributed by atoms with Crippen LogP contribution in [0.15, 0.2) is 23.3 Å². The number of rotatable bonds is 3. The van der Waals surface area contributed by atoms with Crippen LogP contribution in [0.1, 0.15) is 0 Å². The lowest BCUT2D eigenvalue weighted by Crippen LogP contribution is -2.18. The van der Waals surface area contributed by atoms with Gasteiger partial charge in [-0.05, 0) is 18.2 Å². The molecule has 0 fully saturated rings. The Hall–Kier alpha value is -1.11. The minimum absolute atomic E-state index is 0.118. The molecule has 0 aromatic heterocycles. The Morgan fingerprint density at radius 1 is 1.41 bits per heavy atom. The van der Waals surface area contributed by atoms with Crippen LogP contribution in [0.2, 0.25) is 10.0 Å². The molecule has 0 aliphatic heterocycles. The highest BCUT2D eigenvalue weighted by Gasteiger charge is 2.05. The van der Waals surface area contributed by atoms with Crippen LogP contribution < -0.4 is 16.9 Å². The first-order chi connectivity index (χ1) is 8.02. The number of hydrogen-bond acceptors (Lipinski definition) is 4. The van der Waals surface area contributed by atoms with Crippen LogP contribution in [0.25, 0.3) is 0 Å². The van der Waals surface area contributed by atoms with Crippen LogP contribution in [0.3, 0.4) is 0 Å². The maximum Gasteiger partial charge on any atom is 0.234 e. The number of thioether (sulfide) groups is 1. The van der Waals surface area contributed by atoms with E-state index in [-0.39, 0.29) is 16.8 Å². The molecule has 0 unspecified atom stereocenters. The van der Waals surface area contributed by atoms with Crippen molar-refractivity contribution in [1.29, 1.82) is 0 Å². The molecule has 17 heavy (non-hydrogen) atoms. The van der Waals surface area contributed by atoms with Gasteiger partial charge >= 0.3 is 0 Å². The second-order valence-electron chi connectivity index (χ2n) is 2.93. The van der Waals surface area contributed by atoms with Gasteiger partial charge in [-0.25, -0.2) is 0 Å². The van der Waals surface area contributed by atoms with Gasteiger partial charge in [-0.3, -0.25) is 4.79 Å². The first kappa shape index (κ1) is 14.0. The molecule has 0 aliphatic rings. The fourth-order valence-corrected chi connectivity index (χ4v) is 1.67. The molecule has 1 aromatic rings. The molecule has 1 amide bonds. The van der Waals surface area contributed by atoms with E-state index in [4.69, 9.17) is 34.8 Å². The van der Waals surface area contributed by atoms with E-state index in [1.165, 1.54) is 0 Å². The molecule has 0 aliphatic carbocycles. The monoisotopic (exact) mass is 292 g/mol. The standard InChI is InChI=1S/C9H10Cl2N4OS/c10-6-2-1-5(3-7(6)11)14-8(16)4-17-9(12)15-13/h1-3H,4,13H2,(H2,12,15)(H,14,16). The second kappa shape index (κ2) is 6.58. The summed E-state index contributed by atoms with van der Waals surface area (Å²) >= 11 is 12.6. The summed E-state index contributed by atoms with van der Waals surface area (Å²) in [5.41, 5.74) is 5.89. The topological polar surface area (TPSA) is 93.5 Å². The van der Waals surface area contributed by atoms with Gasteiger partial charge in [0.05, 0.1) is 15.8 Å². The summed E-state index contributed by atoms with van der Waals surface area (Å²) in [6, 6.07) is 4.81. The number of nitrogens with one attached hydrogen (secondary N) is 1. The van der Waals surface area contributed by atoms with Crippen molar-refractivity contribution < 1.29 is 4.79 Å². The zero-order valence-electron chi connectivity index (χ0n) is 8.61. The van der Waals surface area contributed by atoms with Crippen molar-refractivity contribution in [2.75, 3.05) is 11.1 Å². The van der Waals surface area contributed by atoms with Crippen LogP contribution in [0.5, 0.6) is 0 Å². The highest BCUT2D eigenvalue weighted by molar-refractivity contribution is 8.14. The molecule has 0 saturated carbocycles. The van der Waals surface area contributed by atoms with E-state index in [2.05, 4.69) is 10.4 Å². The summed E-state index contributed by atoms with van der Waals surface area (Å²) in [5, 5.41) is 6.82. The lowest BCUT2D eigenvalue weighted by Gasteiger charge is -2.05. The molecule has 5 N–H and O–H groups in total. The smallest absolute Gasteiger partial charge is 0.234 e. The van der Waals surface area contributed by atoms with Crippen molar-refractivity contribution in [3.63, 3.8) is 0 Å². The molecule has 0 atom stereocenters. The maximum atomic E-state index is 11.5. The van der Waals surface area contributed by atoms with Crippen molar-refractivity contribution in [1.82, 2.24) is 0 Å². The highest BCUT2D eigenvalue weighted by atomic mass is 35.5. The summed E-state index contributed by atoms with van der Waals surface area (Å²) in [6.07, 6.45) is 0. The number of nitrogens with zero attached hydrogens (tertiary/aromatic N) is 1. The third kappa shape index (κ3) is 4.72. The van der Waals surface area contributed by atoms with Crippen LogP contribution >= 0.6 is 35.0 Å². The third-order valence-corrected chi connectivity index (χ3v) is 3.23. The van der Waals surface area contributed by atoms with Gasteiger partial charge in [-0.2, -0.15) is 5.10 Å². The number of amidine groups is 1. The average molecular weight is 293 g/mol. The number of carbonyl (C=O) groups excluding carboxylic acids is 1. The molecule has 0 bridgehead atoms. The number of hydrogen-bond donors (Lipinski definition) is 3. The average Bonchev–Trinajstić information content (AvgIpc) is 2.31. The zero-order valence-corrected chi connectivity index (χ0v) is 10.9. The predicted molar refractivity (Wildman–Crippen MR) is 73.4 cm³/mol. The summed E-state index contributed by atoms with van der Waals surface area (Å²) in [5.74, 6) is 4.81. The van der Waals surface area contributed by atoms with Crippen molar-refractivity contribution in [3.05, 3.63) is 28.2 Å². The number of hydrazone groups is 1. The first-order valence-corrected chi connectivity index (χ1v) is 6.18. The van der Waals surface area contributed by atoms with Gasteiger partial charge in [0.15, 0.2) is 5.17 Å². The summed E-state index contributed by atoms with van der Waals surface area (Å²) in [6.45, 7) is 0. The Balaban J connectivity index is 2.53. The molecular formula is C9H10Cl2N4OS. The van der Waals surface area contributed by atoms with Gasteiger partial charge in [0.2, 0.25) is 5.91 Å². The van der Waals surface area contributed by atoms with Gasteiger partial charge < -0.3 is 16.9 Å². The summed E-state index contributed by atoms with van der Waals surface area (Å²) in [7, 11) is 0. The third-order valence-electron chi connectivity index (χ3n) is 1.68. The molecular weight excluding hydrogens is 283 g/mol. The highest BCUT2D eigenvalue weighted by Crippen LogP contribution is 2.25. The van der Waals surface area contributed by atoms with Gasteiger partial charge in [0, 0.05) is 5.69 Å². The van der Waals surface area contributed by atoms with Crippen molar-refractivity contribution in [2.24, 2.45) is 16.7 Å². The van der Waals surface area contributed by atoms with E-state index in [0.29, 0.717) is 15.7 Å². The Morgan fingerprint density at radius 3 is 2.71 bits per heavy atom. The SMILES string of the molecule is NN=C(N)SCC(=O)Nc1ccc(Cl)c(Cl)c1. The number of anilines is 1. The van der Waals surface area contributed by atoms with Crippen LogP contribution in [-0.4, -0.2) is 16.8 Å². The molecule has 1 rings (SSSR count). The first-order valence-electron chi connectivity index (χ1n) is 4.44. The van der Waals surface area contributed by atoms with E-state index in [0.717, 1.165) is 11.8 Å². The van der Waals surface area contributed by atoms with Gasteiger partial charge in [-0.15, -0.1) is 0 Å². The number of halogens is 2. The number of carbonyl (C=O) groups is 1. The van der Waals surface area contributed by atoms with Gasteiger partial charge in [-0.1, -0.05) is 35.0 Å². The van der Waals surface area contributed by atoms with E-state index in [1.807, 2.05) is 0 Å². The molecule has 0 heterocycles. The molecule has 92 valence electrons. The molecule has 8 heteroatoms. The second-order valence-corrected chi connectivity index (χ2v) is 4.74. The number of amides is 1. The van der Waals surface area contributed by atoms with E-state index >= 15 is 0 Å². The number of benzene rings is 1. The Labute approximate surface area is 113 Å². The lowest BCUT2D eigenvalue weighted by atomic mass is 10.3. The maximum absolute atomic E-state index is 11.5. The van der Waals surface area contributed by atoms with E-state index < -0.39 is 0 Å². The fraction of sp³-hybridized carbons (Fsp3) is 0.111. The number of nitrogens with two attached hydrogens (primary N) is 2. The molecule has 0 radical (unpaired) electrons. The predicted octanol–water partition coefficient (Wildman–Crippen LogP) is 1.85. The lowest BCUT2D eigenvalue weighted by molar-refractivity contribution is -0.113. The molecule has 5 nitrogen and oxygen atoms in total. The van der Waals surface area contributed by atoms with Gasteiger partial charge in [0.25, 0.3) is 0 Å². The minimum Gasteiger partial charge on any atom is -0.377 e. The quantitative estimate of drug-likeness (QED) is 0.343. The molecule has 0 saturated heterocycles. The van der Waals surface area contributed by atoms with Crippen molar-refractivity contribution in [2.45, 2.75) is 0 Å². The van der Waals surface area contributed by atoms with Crippen LogP contribution in [0, 0.1) is 0 Å².